The summed E-state index contributed by atoms with van der Waals surface area (Å²) >= 11 is 8.09. The van der Waals surface area contributed by atoms with E-state index in [4.69, 9.17) is 21.4 Å². The van der Waals surface area contributed by atoms with Gasteiger partial charge in [-0.05, 0) is 29.8 Å². The van der Waals surface area contributed by atoms with E-state index in [9.17, 15) is 14.0 Å². The Morgan fingerprint density at radius 3 is 2.68 bits per heavy atom. The second-order valence-corrected chi connectivity index (χ2v) is 11.3. The lowest BCUT2D eigenvalue weighted by atomic mass is 9.87. The topological polar surface area (TPSA) is 76.5 Å². The summed E-state index contributed by atoms with van der Waals surface area (Å²) in [7, 11) is 1.55. The number of carbonyl (C=O) groups excluding carboxylic acids is 2. The van der Waals surface area contributed by atoms with Gasteiger partial charge in [-0.2, -0.15) is 5.10 Å². The van der Waals surface area contributed by atoms with Crippen LogP contribution in [-0.4, -0.2) is 54.2 Å². The number of aromatic nitrogens is 2. The Labute approximate surface area is 225 Å². The predicted octanol–water partition coefficient (Wildman–Crippen LogP) is 4.89. The molecular formula is C27H30ClFN4O3S. The van der Waals surface area contributed by atoms with Crippen molar-refractivity contribution >= 4 is 41.0 Å². The van der Waals surface area contributed by atoms with E-state index in [0.29, 0.717) is 29.7 Å². The molecule has 196 valence electrons. The van der Waals surface area contributed by atoms with Gasteiger partial charge in [0.1, 0.15) is 18.2 Å². The molecule has 7 nitrogen and oxygen atoms in total. The van der Waals surface area contributed by atoms with E-state index in [-0.39, 0.29) is 29.4 Å². The lowest BCUT2D eigenvalue weighted by Gasteiger charge is -2.25. The van der Waals surface area contributed by atoms with Gasteiger partial charge in [-0.25, -0.2) is 9.07 Å². The molecule has 1 aliphatic rings. The lowest BCUT2D eigenvalue weighted by Crippen LogP contribution is -2.43. The van der Waals surface area contributed by atoms with Crippen LogP contribution in [0.5, 0.6) is 0 Å². The highest BCUT2D eigenvalue weighted by Gasteiger charge is 2.40. The molecule has 2 heterocycles. The monoisotopic (exact) mass is 544 g/mol. The minimum Gasteiger partial charge on any atom is -0.383 e. The van der Waals surface area contributed by atoms with Crippen LogP contribution in [0.15, 0.2) is 48.5 Å². The number of nitrogens with zero attached hydrogens (tertiary/aromatic N) is 3. The number of hydrogen-bond donors (Lipinski definition) is 1. The molecule has 2 aromatic carbocycles. The third-order valence-corrected chi connectivity index (χ3v) is 7.55. The molecule has 0 saturated carbocycles. The molecule has 1 aliphatic heterocycles. The van der Waals surface area contributed by atoms with Crippen LogP contribution in [0.25, 0.3) is 5.69 Å². The molecule has 4 rings (SSSR count). The van der Waals surface area contributed by atoms with Crippen LogP contribution in [-0.2, 0) is 19.7 Å². The van der Waals surface area contributed by atoms with Gasteiger partial charge in [-0.15, -0.1) is 11.8 Å². The van der Waals surface area contributed by atoms with Gasteiger partial charge in [0, 0.05) is 29.7 Å². The van der Waals surface area contributed by atoms with Crippen molar-refractivity contribution in [1.82, 2.24) is 15.1 Å². The molecule has 0 bridgehead atoms. The van der Waals surface area contributed by atoms with E-state index in [1.54, 1.807) is 23.9 Å². The zero-order valence-electron chi connectivity index (χ0n) is 21.3. The SMILES string of the molecule is COCCNC(=O)CN1C(=O)CSC(c2ccccc2Cl)c2c(C(C)(C)C)nn(-c3cccc(F)c3)c21. The number of amides is 2. The van der Waals surface area contributed by atoms with E-state index in [1.807, 2.05) is 45.0 Å². The number of nitrogens with one attached hydrogen (secondary N) is 1. The van der Waals surface area contributed by atoms with Crippen LogP contribution < -0.4 is 10.2 Å². The molecule has 1 atom stereocenters. The van der Waals surface area contributed by atoms with Gasteiger partial charge in [-0.3, -0.25) is 14.5 Å². The van der Waals surface area contributed by atoms with Crippen molar-refractivity contribution in [2.75, 3.05) is 37.5 Å². The fraction of sp³-hybridized carbons (Fsp3) is 0.370. The number of fused-ring (bicyclic) bond motifs is 1. The molecule has 0 radical (unpaired) electrons. The minimum atomic E-state index is -0.431. The van der Waals surface area contributed by atoms with Gasteiger partial charge >= 0.3 is 0 Å². The molecule has 0 aliphatic carbocycles. The van der Waals surface area contributed by atoms with Gasteiger partial charge in [0.25, 0.3) is 0 Å². The number of anilines is 1. The molecular weight excluding hydrogens is 515 g/mol. The maximum absolute atomic E-state index is 14.3. The highest BCUT2D eigenvalue weighted by Crippen LogP contribution is 2.49. The van der Waals surface area contributed by atoms with Crippen molar-refractivity contribution < 1.29 is 18.7 Å². The average Bonchev–Trinajstić information content (AvgIpc) is 3.19. The summed E-state index contributed by atoms with van der Waals surface area (Å²) in [5.41, 5.74) is 2.39. The van der Waals surface area contributed by atoms with E-state index < -0.39 is 11.2 Å². The van der Waals surface area contributed by atoms with Crippen LogP contribution in [0.1, 0.15) is 42.8 Å². The van der Waals surface area contributed by atoms with Crippen LogP contribution >= 0.6 is 23.4 Å². The fourth-order valence-corrected chi connectivity index (χ4v) is 5.83. The summed E-state index contributed by atoms with van der Waals surface area (Å²) in [6, 6.07) is 13.6. The number of halogens is 2. The van der Waals surface area contributed by atoms with Crippen LogP contribution in [0.2, 0.25) is 5.02 Å². The fourth-order valence-electron chi connectivity index (χ4n) is 4.29. The summed E-state index contributed by atoms with van der Waals surface area (Å²) < 4.78 is 20.9. The third kappa shape index (κ3) is 5.84. The number of rotatable bonds is 7. The zero-order valence-corrected chi connectivity index (χ0v) is 22.8. The molecule has 1 unspecified atom stereocenters. The van der Waals surface area contributed by atoms with E-state index in [1.165, 1.54) is 28.8 Å². The van der Waals surface area contributed by atoms with Gasteiger partial charge in [0.05, 0.1) is 29.0 Å². The highest BCUT2D eigenvalue weighted by atomic mass is 35.5. The molecule has 10 heteroatoms. The summed E-state index contributed by atoms with van der Waals surface area (Å²) in [6.07, 6.45) is 0. The minimum absolute atomic E-state index is 0.128. The Hall–Kier alpha value is -2.88. The molecule has 0 saturated heterocycles. The van der Waals surface area contributed by atoms with Crippen molar-refractivity contribution in [3.8, 4) is 5.69 Å². The Morgan fingerprint density at radius 2 is 2.00 bits per heavy atom. The Morgan fingerprint density at radius 1 is 1.24 bits per heavy atom. The highest BCUT2D eigenvalue weighted by molar-refractivity contribution is 8.00. The van der Waals surface area contributed by atoms with E-state index in [0.717, 1.165) is 16.8 Å². The number of hydrogen-bond acceptors (Lipinski definition) is 5. The van der Waals surface area contributed by atoms with Gasteiger partial charge in [-0.1, -0.05) is 56.6 Å². The number of methoxy groups -OCH3 is 1. The zero-order chi connectivity index (χ0) is 26.7. The second-order valence-electron chi connectivity index (χ2n) is 9.76. The molecule has 3 aromatic rings. The maximum atomic E-state index is 14.3. The first-order valence-electron chi connectivity index (χ1n) is 11.9. The molecule has 0 spiro atoms. The Bertz CT molecular complexity index is 1310. The first kappa shape index (κ1) is 27.2. The summed E-state index contributed by atoms with van der Waals surface area (Å²) in [6.45, 7) is 6.56. The standard InChI is InChI=1S/C27H30ClFN4O3S/c1-27(2,3)25-23-24(19-10-5-6-11-20(19)28)37-16-22(35)32(15-21(34)30-12-13-36-4)26(23)33(31-25)18-9-7-8-17(29)14-18/h5-11,14,24H,12-13,15-16H2,1-4H3,(H,30,34). The van der Waals surface area contributed by atoms with Crippen LogP contribution in [0, 0.1) is 5.82 Å². The predicted molar refractivity (Wildman–Crippen MR) is 145 cm³/mol. The van der Waals surface area contributed by atoms with Gasteiger partial charge in [0.15, 0.2) is 0 Å². The first-order valence-corrected chi connectivity index (χ1v) is 13.4. The van der Waals surface area contributed by atoms with E-state index in [2.05, 4.69) is 5.32 Å². The smallest absolute Gasteiger partial charge is 0.240 e. The Balaban J connectivity index is 1.97. The molecule has 37 heavy (non-hydrogen) atoms. The molecule has 0 fully saturated rings. The van der Waals surface area contributed by atoms with E-state index >= 15 is 0 Å². The number of carbonyl (C=O) groups is 2. The molecule has 1 aromatic heterocycles. The average molecular weight is 545 g/mol. The van der Waals surface area contributed by atoms with Gasteiger partial charge < -0.3 is 10.1 Å². The summed E-state index contributed by atoms with van der Waals surface area (Å²) in [5.74, 6) is -0.442. The number of ether oxygens (including phenoxy) is 1. The van der Waals surface area contributed by atoms with Crippen LogP contribution in [0.4, 0.5) is 10.2 Å². The Kier molecular flexibility index (Phi) is 8.26. The van der Waals surface area contributed by atoms with Crippen molar-refractivity contribution in [1.29, 1.82) is 0 Å². The molecule has 1 N–H and O–H groups in total. The normalized spacial score (nSPS) is 15.9. The quantitative estimate of drug-likeness (QED) is 0.428. The summed E-state index contributed by atoms with van der Waals surface area (Å²) in [5, 5.41) is 7.97. The van der Waals surface area contributed by atoms with Crippen molar-refractivity contribution in [3.63, 3.8) is 0 Å². The first-order chi connectivity index (χ1) is 17.6. The summed E-state index contributed by atoms with van der Waals surface area (Å²) in [4.78, 5) is 27.9. The van der Waals surface area contributed by atoms with Crippen molar-refractivity contribution in [2.24, 2.45) is 0 Å². The van der Waals surface area contributed by atoms with Crippen molar-refractivity contribution in [3.05, 3.63) is 76.2 Å². The molecule has 2 amide bonds. The van der Waals surface area contributed by atoms with Gasteiger partial charge in [0.2, 0.25) is 11.8 Å². The number of thioether (sulfide) groups is 1. The number of benzene rings is 2. The third-order valence-electron chi connectivity index (χ3n) is 5.97. The largest absolute Gasteiger partial charge is 0.383 e. The second kappa shape index (κ2) is 11.2. The van der Waals surface area contributed by atoms with Crippen molar-refractivity contribution in [2.45, 2.75) is 31.4 Å². The van der Waals surface area contributed by atoms with Crippen LogP contribution in [0.3, 0.4) is 0 Å². The lowest BCUT2D eigenvalue weighted by molar-refractivity contribution is -0.123. The maximum Gasteiger partial charge on any atom is 0.240 e.